The molecule has 21 heavy (non-hydrogen) atoms. The van der Waals surface area contributed by atoms with Crippen LogP contribution in [0.2, 0.25) is 0 Å². The Morgan fingerprint density at radius 3 is 2.52 bits per heavy atom. The van der Waals surface area contributed by atoms with Crippen molar-refractivity contribution in [2.75, 3.05) is 31.7 Å². The van der Waals surface area contributed by atoms with E-state index in [0.717, 1.165) is 12.1 Å². The summed E-state index contributed by atoms with van der Waals surface area (Å²) in [4.78, 5) is 5.30. The lowest BCUT2D eigenvalue weighted by Gasteiger charge is -2.26. The van der Waals surface area contributed by atoms with Crippen molar-refractivity contribution >= 4 is 5.82 Å². The van der Waals surface area contributed by atoms with Gasteiger partial charge >= 0.3 is 6.18 Å². The van der Waals surface area contributed by atoms with Crippen LogP contribution in [0.3, 0.4) is 0 Å². The van der Waals surface area contributed by atoms with Gasteiger partial charge in [0.05, 0.1) is 12.2 Å². The highest BCUT2D eigenvalue weighted by Crippen LogP contribution is 2.30. The number of hydrogen-bond donors (Lipinski definition) is 0. The fourth-order valence-corrected chi connectivity index (χ4v) is 1.86. The smallest absolute Gasteiger partial charge is 0.383 e. The van der Waals surface area contributed by atoms with E-state index in [1.165, 1.54) is 7.11 Å². The SMILES string of the molecule is COCCN(CC(C)C)c1nc(C(F)(F)F)ccc1C#N. The fourth-order valence-electron chi connectivity index (χ4n) is 1.86. The Balaban J connectivity index is 3.23. The molecule has 0 aromatic carbocycles. The Morgan fingerprint density at radius 2 is 2.05 bits per heavy atom. The van der Waals surface area contributed by atoms with Crippen molar-refractivity contribution in [1.29, 1.82) is 5.26 Å². The number of nitriles is 1. The summed E-state index contributed by atoms with van der Waals surface area (Å²) in [5.41, 5.74) is -0.873. The van der Waals surface area contributed by atoms with Crippen molar-refractivity contribution in [3.63, 3.8) is 0 Å². The molecule has 0 saturated carbocycles. The third kappa shape index (κ3) is 4.90. The molecule has 0 N–H and O–H groups in total. The zero-order valence-corrected chi connectivity index (χ0v) is 12.2. The maximum absolute atomic E-state index is 12.8. The Labute approximate surface area is 122 Å². The van der Waals surface area contributed by atoms with E-state index >= 15 is 0 Å². The molecule has 0 fully saturated rings. The van der Waals surface area contributed by atoms with Gasteiger partial charge in [0.25, 0.3) is 0 Å². The summed E-state index contributed by atoms with van der Waals surface area (Å²) in [6.45, 7) is 5.10. The summed E-state index contributed by atoms with van der Waals surface area (Å²) in [5, 5.41) is 9.09. The quantitative estimate of drug-likeness (QED) is 0.810. The van der Waals surface area contributed by atoms with Gasteiger partial charge in [0.2, 0.25) is 0 Å². The lowest BCUT2D eigenvalue weighted by molar-refractivity contribution is -0.141. The van der Waals surface area contributed by atoms with Gasteiger partial charge in [0, 0.05) is 20.2 Å². The largest absolute Gasteiger partial charge is 0.433 e. The van der Waals surface area contributed by atoms with Gasteiger partial charge in [-0.25, -0.2) is 4.98 Å². The number of pyridine rings is 1. The van der Waals surface area contributed by atoms with Crippen LogP contribution >= 0.6 is 0 Å². The molecule has 1 rings (SSSR count). The summed E-state index contributed by atoms with van der Waals surface area (Å²) in [6, 6.07) is 3.88. The molecular formula is C14H18F3N3O. The van der Waals surface area contributed by atoms with Gasteiger partial charge < -0.3 is 9.64 Å². The summed E-state index contributed by atoms with van der Waals surface area (Å²) in [7, 11) is 1.51. The molecule has 1 aromatic heterocycles. The molecule has 1 aromatic rings. The van der Waals surface area contributed by atoms with Crippen molar-refractivity contribution in [2.45, 2.75) is 20.0 Å². The van der Waals surface area contributed by atoms with Crippen LogP contribution in [-0.2, 0) is 10.9 Å². The van der Waals surface area contributed by atoms with E-state index in [-0.39, 0.29) is 17.3 Å². The zero-order chi connectivity index (χ0) is 16.0. The second kappa shape index (κ2) is 7.27. The summed E-state index contributed by atoms with van der Waals surface area (Å²) >= 11 is 0. The highest BCUT2D eigenvalue weighted by Gasteiger charge is 2.33. The Morgan fingerprint density at radius 1 is 1.38 bits per heavy atom. The van der Waals surface area contributed by atoms with Crippen LogP contribution in [0.1, 0.15) is 25.1 Å². The molecule has 0 aliphatic carbocycles. The van der Waals surface area contributed by atoms with E-state index in [9.17, 15) is 13.2 Å². The molecule has 0 aliphatic heterocycles. The van der Waals surface area contributed by atoms with Crippen molar-refractivity contribution in [3.05, 3.63) is 23.4 Å². The monoisotopic (exact) mass is 301 g/mol. The number of ether oxygens (including phenoxy) is 1. The molecule has 0 unspecified atom stereocenters. The van der Waals surface area contributed by atoms with Crippen molar-refractivity contribution < 1.29 is 17.9 Å². The Hall–Kier alpha value is -1.81. The lowest BCUT2D eigenvalue weighted by atomic mass is 10.1. The highest BCUT2D eigenvalue weighted by molar-refractivity contribution is 5.54. The second-order valence-electron chi connectivity index (χ2n) is 5.01. The van der Waals surface area contributed by atoms with Gasteiger partial charge in [-0.05, 0) is 18.1 Å². The van der Waals surface area contributed by atoms with E-state index < -0.39 is 11.9 Å². The van der Waals surface area contributed by atoms with Crippen molar-refractivity contribution in [2.24, 2.45) is 5.92 Å². The standard InChI is InChI=1S/C14H18F3N3O/c1-10(2)9-20(6-7-21-3)13-11(8-18)4-5-12(19-13)14(15,16)17/h4-5,10H,6-7,9H2,1-3H3. The highest BCUT2D eigenvalue weighted by atomic mass is 19.4. The second-order valence-corrected chi connectivity index (χ2v) is 5.01. The maximum Gasteiger partial charge on any atom is 0.433 e. The first-order valence-electron chi connectivity index (χ1n) is 6.51. The number of methoxy groups -OCH3 is 1. The normalized spacial score (nSPS) is 11.5. The minimum Gasteiger partial charge on any atom is -0.383 e. The van der Waals surface area contributed by atoms with Gasteiger partial charge in [-0.1, -0.05) is 13.8 Å². The van der Waals surface area contributed by atoms with Crippen LogP contribution < -0.4 is 4.90 Å². The number of halogens is 3. The van der Waals surface area contributed by atoms with Gasteiger partial charge in [0.15, 0.2) is 0 Å². The summed E-state index contributed by atoms with van der Waals surface area (Å²) in [5.74, 6) is 0.266. The number of nitrogens with zero attached hydrogens (tertiary/aromatic N) is 3. The third-order valence-corrected chi connectivity index (χ3v) is 2.74. The zero-order valence-electron chi connectivity index (χ0n) is 12.2. The summed E-state index contributed by atoms with van der Waals surface area (Å²) in [6.07, 6.45) is -4.53. The van der Waals surface area contributed by atoms with Crippen LogP contribution in [0, 0.1) is 17.2 Å². The van der Waals surface area contributed by atoms with Crippen LogP contribution in [0.15, 0.2) is 12.1 Å². The molecular weight excluding hydrogens is 283 g/mol. The number of hydrogen-bond acceptors (Lipinski definition) is 4. The number of alkyl halides is 3. The van der Waals surface area contributed by atoms with Gasteiger partial charge in [-0.3, -0.25) is 0 Å². The molecule has 0 atom stereocenters. The molecule has 4 nitrogen and oxygen atoms in total. The average molecular weight is 301 g/mol. The predicted octanol–water partition coefficient (Wildman–Crippen LogP) is 3.08. The number of anilines is 1. The Kier molecular flexibility index (Phi) is 5.97. The maximum atomic E-state index is 12.8. The first-order valence-corrected chi connectivity index (χ1v) is 6.51. The van der Waals surface area contributed by atoms with E-state index in [0.29, 0.717) is 19.7 Å². The molecule has 7 heteroatoms. The topological polar surface area (TPSA) is 49.1 Å². The minimum absolute atomic E-state index is 0.0538. The molecule has 0 saturated heterocycles. The summed E-state index contributed by atoms with van der Waals surface area (Å²) < 4.78 is 43.4. The number of aromatic nitrogens is 1. The van der Waals surface area contributed by atoms with Crippen molar-refractivity contribution in [3.8, 4) is 6.07 Å². The first-order chi connectivity index (χ1) is 9.79. The molecule has 0 bridgehead atoms. The Bertz CT molecular complexity index is 509. The first kappa shape index (κ1) is 17.2. The minimum atomic E-state index is -4.53. The predicted molar refractivity (Wildman–Crippen MR) is 72.9 cm³/mol. The van der Waals surface area contributed by atoms with E-state index in [1.807, 2.05) is 19.9 Å². The van der Waals surface area contributed by atoms with Gasteiger partial charge in [0.1, 0.15) is 17.6 Å². The average Bonchev–Trinajstić information content (AvgIpc) is 2.41. The molecule has 0 aliphatic rings. The molecule has 0 spiro atoms. The van der Waals surface area contributed by atoms with Crippen molar-refractivity contribution in [1.82, 2.24) is 4.98 Å². The molecule has 0 amide bonds. The fraction of sp³-hybridized carbons (Fsp3) is 0.571. The van der Waals surface area contributed by atoms with E-state index in [2.05, 4.69) is 4.98 Å². The molecule has 0 radical (unpaired) electrons. The van der Waals surface area contributed by atoms with Gasteiger partial charge in [-0.2, -0.15) is 18.4 Å². The number of rotatable bonds is 6. The van der Waals surface area contributed by atoms with E-state index in [4.69, 9.17) is 10.00 Å². The molecule has 116 valence electrons. The van der Waals surface area contributed by atoms with Crippen LogP contribution in [0.5, 0.6) is 0 Å². The van der Waals surface area contributed by atoms with E-state index in [1.54, 1.807) is 4.90 Å². The third-order valence-electron chi connectivity index (χ3n) is 2.74. The molecule has 1 heterocycles. The van der Waals surface area contributed by atoms with Crippen LogP contribution in [0.25, 0.3) is 0 Å². The van der Waals surface area contributed by atoms with Gasteiger partial charge in [-0.15, -0.1) is 0 Å². The lowest BCUT2D eigenvalue weighted by Crippen LogP contribution is -2.33. The van der Waals surface area contributed by atoms with Crippen LogP contribution in [-0.4, -0.2) is 31.8 Å². The van der Waals surface area contributed by atoms with Crippen LogP contribution in [0.4, 0.5) is 19.0 Å².